The minimum absolute atomic E-state index is 0.00554. The van der Waals surface area contributed by atoms with Gasteiger partial charge in [0.05, 0.1) is 13.2 Å². The van der Waals surface area contributed by atoms with E-state index in [0.717, 1.165) is 11.8 Å². The Morgan fingerprint density at radius 3 is 2.69 bits per heavy atom. The molecule has 174 valence electrons. The van der Waals surface area contributed by atoms with Gasteiger partial charge in [0, 0.05) is 12.1 Å². The number of rotatable bonds is 8. The van der Waals surface area contributed by atoms with Gasteiger partial charge in [0.25, 0.3) is 5.91 Å². The van der Waals surface area contributed by atoms with Crippen LogP contribution in [0.2, 0.25) is 5.02 Å². The van der Waals surface area contributed by atoms with Crippen LogP contribution in [-0.4, -0.2) is 88.3 Å². The average Bonchev–Trinajstić information content (AvgIpc) is 3.10. The molecule has 12 heteroatoms. The van der Waals surface area contributed by atoms with Crippen molar-refractivity contribution in [1.82, 2.24) is 15.1 Å². The summed E-state index contributed by atoms with van der Waals surface area (Å²) in [6.07, 6.45) is -1.75. The molecule has 3 rings (SSSR count). The number of amidine groups is 1. The van der Waals surface area contributed by atoms with Crippen molar-refractivity contribution in [2.24, 2.45) is 4.99 Å². The molecule has 0 saturated carbocycles. The number of β-amino-alcohol motifs (C(OH)–C–C–N with tert-alkyl or cyclic N) is 1. The summed E-state index contributed by atoms with van der Waals surface area (Å²) in [5.74, 6) is -0.407. The van der Waals surface area contributed by atoms with Crippen molar-refractivity contribution in [3.63, 3.8) is 0 Å². The van der Waals surface area contributed by atoms with Crippen molar-refractivity contribution in [3.8, 4) is 5.75 Å². The highest BCUT2D eigenvalue weighted by atomic mass is 35.5. The SMILES string of the molecule is CCOC(=O)C(C)SC1=NC2C(C(=O)NC(=O)N2C)N1CC(O)COc1ccc(Cl)cc1. The first-order valence-corrected chi connectivity index (χ1v) is 11.3. The van der Waals surface area contributed by atoms with Crippen LogP contribution in [0.1, 0.15) is 13.8 Å². The van der Waals surface area contributed by atoms with Gasteiger partial charge in [0.2, 0.25) is 0 Å². The number of aliphatic hydroxyl groups is 1. The Kier molecular flexibility index (Phi) is 7.86. The summed E-state index contributed by atoms with van der Waals surface area (Å²) in [6.45, 7) is 3.58. The second kappa shape index (κ2) is 10.4. The molecule has 0 aliphatic carbocycles. The number of thioether (sulfide) groups is 1. The highest BCUT2D eigenvalue weighted by Crippen LogP contribution is 2.31. The summed E-state index contributed by atoms with van der Waals surface area (Å²) >= 11 is 6.97. The maximum atomic E-state index is 12.6. The van der Waals surface area contributed by atoms with E-state index >= 15 is 0 Å². The number of benzene rings is 1. The largest absolute Gasteiger partial charge is 0.491 e. The fraction of sp³-hybridized carbons (Fsp3) is 0.500. The molecule has 3 amide bonds. The summed E-state index contributed by atoms with van der Waals surface area (Å²) in [7, 11) is 1.53. The number of imide groups is 1. The van der Waals surface area contributed by atoms with Gasteiger partial charge in [-0.15, -0.1) is 0 Å². The van der Waals surface area contributed by atoms with Crippen LogP contribution in [0.4, 0.5) is 4.79 Å². The van der Waals surface area contributed by atoms with E-state index in [-0.39, 0.29) is 19.8 Å². The molecule has 2 aliphatic heterocycles. The number of likely N-dealkylation sites (N-methyl/N-ethyl adjacent to an activating group) is 1. The van der Waals surface area contributed by atoms with Gasteiger partial charge in [-0.1, -0.05) is 23.4 Å². The molecule has 0 spiro atoms. The summed E-state index contributed by atoms with van der Waals surface area (Å²) in [6, 6.07) is 5.31. The smallest absolute Gasteiger partial charge is 0.325 e. The summed E-state index contributed by atoms with van der Waals surface area (Å²) < 4.78 is 10.6. The zero-order valence-corrected chi connectivity index (χ0v) is 19.4. The van der Waals surface area contributed by atoms with Gasteiger partial charge in [-0.2, -0.15) is 0 Å². The lowest BCUT2D eigenvalue weighted by molar-refractivity contribution is -0.142. The molecular weight excluding hydrogens is 460 g/mol. The number of halogens is 1. The second-order valence-electron chi connectivity index (χ2n) is 7.26. The van der Waals surface area contributed by atoms with Crippen molar-refractivity contribution in [1.29, 1.82) is 0 Å². The predicted molar refractivity (Wildman–Crippen MR) is 120 cm³/mol. The van der Waals surface area contributed by atoms with Crippen LogP contribution in [0.3, 0.4) is 0 Å². The number of amides is 3. The van der Waals surface area contributed by atoms with Crippen molar-refractivity contribution >= 4 is 46.4 Å². The zero-order valence-electron chi connectivity index (χ0n) is 17.9. The highest BCUT2D eigenvalue weighted by Gasteiger charge is 2.49. The number of esters is 1. The lowest BCUT2D eigenvalue weighted by Crippen LogP contribution is -2.64. The van der Waals surface area contributed by atoms with Gasteiger partial charge in [0.1, 0.15) is 23.7 Å². The number of fused-ring (bicyclic) bond motifs is 1. The Morgan fingerprint density at radius 1 is 1.34 bits per heavy atom. The minimum Gasteiger partial charge on any atom is -0.491 e. The third-order valence-corrected chi connectivity index (χ3v) is 6.24. The monoisotopic (exact) mass is 484 g/mol. The number of carbonyl (C=O) groups excluding carboxylic acids is 3. The van der Waals surface area contributed by atoms with E-state index in [2.05, 4.69) is 10.3 Å². The van der Waals surface area contributed by atoms with E-state index in [1.807, 2.05) is 0 Å². The molecule has 0 radical (unpaired) electrons. The van der Waals surface area contributed by atoms with E-state index in [4.69, 9.17) is 21.1 Å². The summed E-state index contributed by atoms with van der Waals surface area (Å²) in [5.41, 5.74) is 0. The first-order chi connectivity index (χ1) is 15.2. The molecule has 32 heavy (non-hydrogen) atoms. The molecule has 0 bridgehead atoms. The molecule has 1 aromatic carbocycles. The molecule has 2 N–H and O–H groups in total. The molecule has 1 aromatic rings. The third-order valence-electron chi connectivity index (χ3n) is 4.89. The second-order valence-corrected chi connectivity index (χ2v) is 9.00. The van der Waals surface area contributed by atoms with Gasteiger partial charge in [-0.25, -0.2) is 9.79 Å². The van der Waals surface area contributed by atoms with Crippen LogP contribution in [0.15, 0.2) is 29.3 Å². The van der Waals surface area contributed by atoms with Gasteiger partial charge in [-0.05, 0) is 38.1 Å². The standard InChI is InChI=1S/C20H25ClN4O6S/c1-4-30-18(28)11(2)32-20-22-16-15(17(27)23-19(29)24(16)3)25(20)9-13(26)10-31-14-7-5-12(21)6-8-14/h5-8,11,13,15-16,26H,4,9-10H2,1-3H3,(H,23,27,29). The topological polar surface area (TPSA) is 121 Å². The highest BCUT2D eigenvalue weighted by molar-refractivity contribution is 8.14. The predicted octanol–water partition coefficient (Wildman–Crippen LogP) is 1.31. The number of aliphatic hydroxyl groups excluding tert-OH is 1. The maximum absolute atomic E-state index is 12.6. The van der Waals surface area contributed by atoms with Crippen LogP contribution < -0.4 is 10.1 Å². The van der Waals surface area contributed by atoms with Gasteiger partial charge >= 0.3 is 12.0 Å². The van der Waals surface area contributed by atoms with Crippen molar-refractivity contribution in [2.75, 3.05) is 26.8 Å². The number of hydrogen-bond acceptors (Lipinski definition) is 9. The Hall–Kier alpha value is -2.50. The van der Waals surface area contributed by atoms with E-state index in [0.29, 0.717) is 15.9 Å². The molecule has 1 saturated heterocycles. The minimum atomic E-state index is -0.983. The average molecular weight is 485 g/mol. The number of carbonyl (C=O) groups is 3. The van der Waals surface area contributed by atoms with Crippen LogP contribution >= 0.6 is 23.4 Å². The van der Waals surface area contributed by atoms with Gasteiger partial charge in [-0.3, -0.25) is 14.9 Å². The lowest BCUT2D eigenvalue weighted by atomic mass is 10.1. The van der Waals surface area contributed by atoms with Gasteiger partial charge < -0.3 is 24.4 Å². The van der Waals surface area contributed by atoms with Gasteiger partial charge in [0.15, 0.2) is 17.4 Å². The van der Waals surface area contributed by atoms with Crippen LogP contribution in [-0.2, 0) is 14.3 Å². The Bertz CT molecular complexity index is 899. The molecule has 2 aliphatic rings. The fourth-order valence-electron chi connectivity index (χ4n) is 3.26. The van der Waals surface area contributed by atoms with Crippen molar-refractivity contribution < 1.29 is 29.0 Å². The lowest BCUT2D eigenvalue weighted by Gasteiger charge is -2.37. The van der Waals surface area contributed by atoms with E-state index in [1.165, 1.54) is 11.9 Å². The number of aliphatic imine (C=N–C) groups is 1. The molecule has 4 unspecified atom stereocenters. The maximum Gasteiger partial charge on any atom is 0.325 e. The first kappa shape index (κ1) is 24.1. The quantitative estimate of drug-likeness (QED) is 0.530. The molecule has 1 fully saturated rings. The van der Waals surface area contributed by atoms with Crippen molar-refractivity contribution in [2.45, 2.75) is 37.4 Å². The molecule has 2 heterocycles. The fourth-order valence-corrected chi connectivity index (χ4v) is 4.36. The molecule has 10 nitrogen and oxygen atoms in total. The molecule has 4 atom stereocenters. The molecular formula is C20H25ClN4O6S. The zero-order chi connectivity index (χ0) is 23.4. The van der Waals surface area contributed by atoms with E-state index in [1.54, 1.807) is 43.0 Å². The van der Waals surface area contributed by atoms with Crippen LogP contribution in [0, 0.1) is 0 Å². The number of urea groups is 1. The van der Waals surface area contributed by atoms with E-state index in [9.17, 15) is 19.5 Å². The van der Waals surface area contributed by atoms with Crippen LogP contribution in [0.25, 0.3) is 0 Å². The van der Waals surface area contributed by atoms with Crippen LogP contribution in [0.5, 0.6) is 5.75 Å². The Labute approximate surface area is 194 Å². The normalized spacial score (nSPS) is 22.1. The van der Waals surface area contributed by atoms with Crippen molar-refractivity contribution in [3.05, 3.63) is 29.3 Å². The summed E-state index contributed by atoms with van der Waals surface area (Å²) in [5, 5.41) is 13.2. The Morgan fingerprint density at radius 2 is 2.03 bits per heavy atom. The number of ether oxygens (including phenoxy) is 2. The number of hydrogen-bond donors (Lipinski definition) is 2. The number of nitrogens with one attached hydrogen (secondary N) is 1. The van der Waals surface area contributed by atoms with E-state index < -0.39 is 41.5 Å². The summed E-state index contributed by atoms with van der Waals surface area (Å²) in [4.78, 5) is 44.2. The third kappa shape index (κ3) is 5.45. The Balaban J connectivity index is 1.73. The number of nitrogens with zero attached hydrogens (tertiary/aromatic N) is 3. The molecule has 0 aromatic heterocycles. The first-order valence-electron chi connectivity index (χ1n) is 10.0.